The Kier molecular flexibility index (Phi) is 5.29. The summed E-state index contributed by atoms with van der Waals surface area (Å²) in [6.45, 7) is 6.03. The van der Waals surface area contributed by atoms with E-state index < -0.39 is 5.97 Å². The zero-order valence-corrected chi connectivity index (χ0v) is 11.4. The van der Waals surface area contributed by atoms with Crippen LogP contribution in [0.3, 0.4) is 0 Å². The van der Waals surface area contributed by atoms with Gasteiger partial charge in [-0.3, -0.25) is 14.6 Å². The van der Waals surface area contributed by atoms with Crippen LogP contribution in [-0.2, 0) is 4.79 Å². The van der Waals surface area contributed by atoms with Crippen LogP contribution in [0.15, 0.2) is 18.3 Å². The summed E-state index contributed by atoms with van der Waals surface area (Å²) in [5.41, 5.74) is 0.962. The van der Waals surface area contributed by atoms with Gasteiger partial charge >= 0.3 is 5.97 Å². The molecule has 1 heterocycles. The van der Waals surface area contributed by atoms with Crippen molar-refractivity contribution in [3.63, 3.8) is 0 Å². The first-order valence-corrected chi connectivity index (χ1v) is 6.18. The monoisotopic (exact) mass is 265 g/mol. The van der Waals surface area contributed by atoms with E-state index in [9.17, 15) is 9.59 Å². The average Bonchev–Trinajstić information content (AvgIpc) is 2.36. The van der Waals surface area contributed by atoms with Gasteiger partial charge in [0.2, 0.25) is 0 Å². The summed E-state index contributed by atoms with van der Waals surface area (Å²) in [4.78, 5) is 28.3. The Labute approximate surface area is 112 Å². The van der Waals surface area contributed by atoms with Crippen LogP contribution in [0.2, 0.25) is 0 Å². The quantitative estimate of drug-likeness (QED) is 0.805. The Hall–Kier alpha value is -2.11. The highest BCUT2D eigenvalue weighted by Gasteiger charge is 2.16. The number of carbonyl (C=O) groups is 2. The van der Waals surface area contributed by atoms with Crippen LogP contribution in [0.5, 0.6) is 0 Å². The highest BCUT2D eigenvalue weighted by atomic mass is 16.4. The lowest BCUT2D eigenvalue weighted by Gasteiger charge is -2.27. The first-order valence-electron chi connectivity index (χ1n) is 6.18. The van der Waals surface area contributed by atoms with Gasteiger partial charge in [-0.05, 0) is 32.9 Å². The van der Waals surface area contributed by atoms with E-state index in [1.165, 1.54) is 6.20 Å². The number of aromatic nitrogens is 1. The zero-order valence-electron chi connectivity index (χ0n) is 11.4. The molecule has 0 aliphatic heterocycles. The number of pyridine rings is 1. The van der Waals surface area contributed by atoms with Gasteiger partial charge in [0.15, 0.2) is 0 Å². The Morgan fingerprint density at radius 1 is 1.47 bits per heavy atom. The number of anilines is 1. The number of carboxylic acid groups (broad SMARTS) is 1. The number of nitrogens with one attached hydrogen (secondary N) is 1. The van der Waals surface area contributed by atoms with Crippen LogP contribution in [-0.4, -0.2) is 41.1 Å². The molecule has 0 saturated carbocycles. The second-order valence-corrected chi connectivity index (χ2v) is 4.37. The normalized spacial score (nSPS) is 10.3. The summed E-state index contributed by atoms with van der Waals surface area (Å²) < 4.78 is 0. The molecule has 0 aromatic carbocycles. The Morgan fingerprint density at radius 3 is 2.68 bits per heavy atom. The molecule has 19 heavy (non-hydrogen) atoms. The number of rotatable bonds is 6. The maximum absolute atomic E-state index is 11.7. The third kappa shape index (κ3) is 4.24. The van der Waals surface area contributed by atoms with Gasteiger partial charge in [0.05, 0.1) is 0 Å². The number of carboxylic acids is 1. The fraction of sp³-hybridized carbons (Fsp3) is 0.462. The third-order valence-corrected chi connectivity index (χ3v) is 2.57. The van der Waals surface area contributed by atoms with Crippen LogP contribution in [0.4, 0.5) is 5.69 Å². The SMILES string of the molecule is CCNC(=O)c1cc(N(CC(=O)O)C(C)C)ccn1. The summed E-state index contributed by atoms with van der Waals surface area (Å²) in [5, 5.41) is 11.6. The average molecular weight is 265 g/mol. The van der Waals surface area contributed by atoms with Crippen molar-refractivity contribution in [2.45, 2.75) is 26.8 Å². The van der Waals surface area contributed by atoms with E-state index in [0.29, 0.717) is 12.2 Å². The molecule has 0 bridgehead atoms. The molecule has 104 valence electrons. The van der Waals surface area contributed by atoms with Crippen LogP contribution >= 0.6 is 0 Å². The summed E-state index contributed by atoms with van der Waals surface area (Å²) >= 11 is 0. The molecule has 0 spiro atoms. The molecule has 0 radical (unpaired) electrons. The molecule has 1 aromatic heterocycles. The van der Waals surface area contributed by atoms with E-state index >= 15 is 0 Å². The smallest absolute Gasteiger partial charge is 0.323 e. The van der Waals surface area contributed by atoms with Crippen molar-refractivity contribution in [1.29, 1.82) is 0 Å². The van der Waals surface area contributed by atoms with Crippen molar-refractivity contribution in [1.82, 2.24) is 10.3 Å². The van der Waals surface area contributed by atoms with Crippen LogP contribution in [0, 0.1) is 0 Å². The first kappa shape index (κ1) is 14.9. The molecule has 0 fully saturated rings. The first-order chi connectivity index (χ1) is 8.95. The molecule has 0 aliphatic rings. The van der Waals surface area contributed by atoms with Crippen molar-refractivity contribution in [3.8, 4) is 0 Å². The van der Waals surface area contributed by atoms with Gasteiger partial charge in [-0.15, -0.1) is 0 Å². The van der Waals surface area contributed by atoms with Crippen molar-refractivity contribution >= 4 is 17.6 Å². The molecule has 0 unspecified atom stereocenters. The van der Waals surface area contributed by atoms with Crippen molar-refractivity contribution < 1.29 is 14.7 Å². The van der Waals surface area contributed by atoms with Gasteiger partial charge in [-0.1, -0.05) is 0 Å². The predicted molar refractivity (Wildman–Crippen MR) is 72.4 cm³/mol. The summed E-state index contributed by atoms with van der Waals surface area (Å²) in [5.74, 6) is -1.17. The number of amides is 1. The summed E-state index contributed by atoms with van der Waals surface area (Å²) in [6, 6.07) is 3.32. The molecule has 1 aromatic rings. The Balaban J connectivity index is 3.01. The van der Waals surface area contributed by atoms with E-state index in [-0.39, 0.29) is 24.2 Å². The number of hydrogen-bond donors (Lipinski definition) is 2. The van der Waals surface area contributed by atoms with Crippen LogP contribution < -0.4 is 10.2 Å². The van der Waals surface area contributed by atoms with Gasteiger partial charge in [0.1, 0.15) is 12.2 Å². The van der Waals surface area contributed by atoms with E-state index in [4.69, 9.17) is 5.11 Å². The third-order valence-electron chi connectivity index (χ3n) is 2.57. The molecular formula is C13H19N3O3. The molecular weight excluding hydrogens is 246 g/mol. The van der Waals surface area contributed by atoms with Crippen molar-refractivity contribution in [2.24, 2.45) is 0 Å². The highest BCUT2D eigenvalue weighted by Crippen LogP contribution is 2.17. The molecule has 1 rings (SSSR count). The number of carbonyl (C=O) groups excluding carboxylic acids is 1. The second kappa shape index (κ2) is 6.72. The maximum Gasteiger partial charge on any atom is 0.323 e. The Morgan fingerprint density at radius 2 is 2.16 bits per heavy atom. The van der Waals surface area contributed by atoms with Crippen molar-refractivity contribution in [2.75, 3.05) is 18.0 Å². The fourth-order valence-corrected chi connectivity index (χ4v) is 1.69. The second-order valence-electron chi connectivity index (χ2n) is 4.37. The molecule has 1 amide bonds. The fourth-order valence-electron chi connectivity index (χ4n) is 1.69. The molecule has 2 N–H and O–H groups in total. The maximum atomic E-state index is 11.7. The van der Waals surface area contributed by atoms with Crippen LogP contribution in [0.25, 0.3) is 0 Å². The largest absolute Gasteiger partial charge is 0.480 e. The van der Waals surface area contributed by atoms with Gasteiger partial charge in [-0.2, -0.15) is 0 Å². The van der Waals surface area contributed by atoms with E-state index in [1.54, 1.807) is 17.0 Å². The van der Waals surface area contributed by atoms with E-state index in [0.717, 1.165) is 0 Å². The lowest BCUT2D eigenvalue weighted by Crippen LogP contribution is -2.36. The molecule has 0 aliphatic carbocycles. The molecule has 0 saturated heterocycles. The lowest BCUT2D eigenvalue weighted by molar-refractivity contribution is -0.135. The number of aliphatic carboxylic acids is 1. The van der Waals surface area contributed by atoms with Gasteiger partial charge in [0, 0.05) is 24.5 Å². The topological polar surface area (TPSA) is 82.5 Å². The van der Waals surface area contributed by atoms with Crippen molar-refractivity contribution in [3.05, 3.63) is 24.0 Å². The molecule has 0 atom stereocenters. The summed E-state index contributed by atoms with van der Waals surface area (Å²) in [7, 11) is 0. The number of nitrogens with zero attached hydrogens (tertiary/aromatic N) is 2. The summed E-state index contributed by atoms with van der Waals surface area (Å²) in [6.07, 6.45) is 1.51. The zero-order chi connectivity index (χ0) is 14.4. The highest BCUT2D eigenvalue weighted by molar-refractivity contribution is 5.93. The molecule has 6 nitrogen and oxygen atoms in total. The Bertz CT molecular complexity index is 460. The molecule has 6 heteroatoms. The minimum absolute atomic E-state index is 0.0144. The predicted octanol–water partition coefficient (Wildman–Crippen LogP) is 1.13. The van der Waals surface area contributed by atoms with Gasteiger partial charge < -0.3 is 15.3 Å². The number of hydrogen-bond acceptors (Lipinski definition) is 4. The van der Waals surface area contributed by atoms with E-state index in [2.05, 4.69) is 10.3 Å². The standard InChI is InChI=1S/C13H19N3O3/c1-4-14-13(19)11-7-10(5-6-15-11)16(9(2)3)8-12(17)18/h5-7,9H,4,8H2,1-3H3,(H,14,19)(H,17,18). The minimum atomic E-state index is -0.912. The van der Waals surface area contributed by atoms with Gasteiger partial charge in [-0.25, -0.2) is 0 Å². The lowest BCUT2D eigenvalue weighted by atomic mass is 10.2. The van der Waals surface area contributed by atoms with E-state index in [1.807, 2.05) is 20.8 Å². The van der Waals surface area contributed by atoms with Crippen LogP contribution in [0.1, 0.15) is 31.3 Å². The van der Waals surface area contributed by atoms with Gasteiger partial charge in [0.25, 0.3) is 5.91 Å². The minimum Gasteiger partial charge on any atom is -0.480 e.